The molecule has 0 rings (SSSR count). The van der Waals surface area contributed by atoms with E-state index in [9.17, 15) is 9.90 Å². The van der Waals surface area contributed by atoms with Crippen LogP contribution >= 0.6 is 0 Å². The Kier molecular flexibility index (Phi) is 45.5. The van der Waals surface area contributed by atoms with Crippen molar-refractivity contribution in [3.8, 4) is 0 Å². The van der Waals surface area contributed by atoms with E-state index in [4.69, 9.17) is 9.47 Å². The molecule has 1 N–H and O–H groups in total. The lowest BCUT2D eigenvalue weighted by Gasteiger charge is -2.16. The van der Waals surface area contributed by atoms with E-state index in [0.29, 0.717) is 19.6 Å². The molecule has 0 saturated heterocycles. The van der Waals surface area contributed by atoms with E-state index in [-0.39, 0.29) is 12.6 Å². The number of ether oxygens (including phenoxy) is 2. The van der Waals surface area contributed by atoms with Crippen LogP contribution in [0, 0.1) is 0 Å². The van der Waals surface area contributed by atoms with Gasteiger partial charge in [-0.1, -0.05) is 204 Å². The second-order valence-electron chi connectivity index (χ2n) is 15.8. The van der Waals surface area contributed by atoms with Crippen molar-refractivity contribution in [1.29, 1.82) is 0 Å². The number of carbonyl (C=O) groups excluding carboxylic acids is 1. The van der Waals surface area contributed by atoms with E-state index in [1.807, 2.05) is 0 Å². The van der Waals surface area contributed by atoms with Crippen LogP contribution in [0.15, 0.2) is 36.5 Å². The molecule has 0 heterocycles. The highest BCUT2D eigenvalue weighted by Gasteiger charge is 2.13. The summed E-state index contributed by atoms with van der Waals surface area (Å²) in [5.74, 6) is -0.206. The third-order valence-corrected chi connectivity index (χ3v) is 10.4. The van der Waals surface area contributed by atoms with Crippen LogP contribution < -0.4 is 0 Å². The molecule has 0 aromatic heterocycles. The molecule has 0 radical (unpaired) electrons. The SMILES string of the molecule is CCCCC/C=C\C/C=C\CCCCCCCCCC(=O)OC(CO)COCCCCCCCCCCCCCC/C=C\CCCCCCCCCC. The number of hydrogen-bond donors (Lipinski definition) is 1. The van der Waals surface area contributed by atoms with E-state index in [0.717, 1.165) is 25.7 Å². The Bertz CT molecular complexity index is 787. The van der Waals surface area contributed by atoms with Gasteiger partial charge >= 0.3 is 5.97 Å². The van der Waals surface area contributed by atoms with Crippen LogP contribution in [0.25, 0.3) is 0 Å². The van der Waals surface area contributed by atoms with Crippen molar-refractivity contribution < 1.29 is 19.4 Å². The molecule has 0 amide bonds. The molecule has 0 saturated carbocycles. The van der Waals surface area contributed by atoms with E-state index >= 15 is 0 Å². The summed E-state index contributed by atoms with van der Waals surface area (Å²) < 4.78 is 11.2. The van der Waals surface area contributed by atoms with Crippen LogP contribution in [-0.4, -0.2) is 37.0 Å². The van der Waals surface area contributed by atoms with Crippen LogP contribution in [0.4, 0.5) is 0 Å². The fraction of sp³-hybridized carbons (Fsp3) is 0.857. The van der Waals surface area contributed by atoms with Crippen LogP contribution in [0.3, 0.4) is 0 Å². The molecule has 0 aromatic rings. The van der Waals surface area contributed by atoms with Gasteiger partial charge < -0.3 is 14.6 Å². The Balaban J connectivity index is 3.39. The van der Waals surface area contributed by atoms with E-state index in [1.165, 1.54) is 199 Å². The number of esters is 1. The first-order valence-corrected chi connectivity index (χ1v) is 23.6. The molecule has 0 aliphatic rings. The van der Waals surface area contributed by atoms with Crippen LogP contribution in [-0.2, 0) is 14.3 Å². The second-order valence-corrected chi connectivity index (χ2v) is 15.8. The van der Waals surface area contributed by atoms with Gasteiger partial charge in [0.1, 0.15) is 6.10 Å². The van der Waals surface area contributed by atoms with E-state index in [2.05, 4.69) is 50.3 Å². The van der Waals surface area contributed by atoms with Crippen molar-refractivity contribution in [2.75, 3.05) is 19.8 Å². The molecule has 53 heavy (non-hydrogen) atoms. The highest BCUT2D eigenvalue weighted by atomic mass is 16.6. The zero-order valence-corrected chi connectivity index (χ0v) is 35.8. The van der Waals surface area contributed by atoms with Crippen molar-refractivity contribution in [2.24, 2.45) is 0 Å². The third-order valence-electron chi connectivity index (χ3n) is 10.4. The molecule has 1 unspecified atom stereocenters. The summed E-state index contributed by atoms with van der Waals surface area (Å²) in [6.07, 6.45) is 59.3. The zero-order chi connectivity index (χ0) is 38.4. The molecular weight excluding hydrogens is 653 g/mol. The van der Waals surface area contributed by atoms with Gasteiger partial charge in [0.15, 0.2) is 0 Å². The van der Waals surface area contributed by atoms with Gasteiger partial charge in [0.25, 0.3) is 0 Å². The average Bonchev–Trinajstić information content (AvgIpc) is 3.16. The van der Waals surface area contributed by atoms with E-state index in [1.54, 1.807) is 0 Å². The first kappa shape index (κ1) is 51.6. The minimum absolute atomic E-state index is 0.173. The smallest absolute Gasteiger partial charge is 0.306 e. The lowest BCUT2D eigenvalue weighted by atomic mass is 10.0. The van der Waals surface area contributed by atoms with E-state index < -0.39 is 6.10 Å². The lowest BCUT2D eigenvalue weighted by molar-refractivity contribution is -0.154. The number of unbranched alkanes of at least 4 members (excludes halogenated alkanes) is 30. The Labute approximate surface area is 331 Å². The quantitative estimate of drug-likeness (QED) is 0.0383. The first-order valence-electron chi connectivity index (χ1n) is 23.6. The summed E-state index contributed by atoms with van der Waals surface area (Å²) in [5.41, 5.74) is 0. The Morgan fingerprint density at radius 1 is 0.453 bits per heavy atom. The molecule has 0 aromatic carbocycles. The van der Waals surface area contributed by atoms with Crippen molar-refractivity contribution in [2.45, 2.75) is 251 Å². The normalized spacial score (nSPS) is 12.6. The van der Waals surface area contributed by atoms with Crippen LogP contribution in [0.1, 0.15) is 245 Å². The van der Waals surface area contributed by atoms with Gasteiger partial charge in [-0.25, -0.2) is 0 Å². The topological polar surface area (TPSA) is 55.8 Å². The van der Waals surface area contributed by atoms with Gasteiger partial charge in [-0.2, -0.15) is 0 Å². The van der Waals surface area contributed by atoms with Gasteiger partial charge in [0, 0.05) is 13.0 Å². The predicted molar refractivity (Wildman–Crippen MR) is 233 cm³/mol. The fourth-order valence-electron chi connectivity index (χ4n) is 6.88. The summed E-state index contributed by atoms with van der Waals surface area (Å²) in [4.78, 5) is 12.2. The van der Waals surface area contributed by atoms with Gasteiger partial charge in [0.05, 0.1) is 13.2 Å². The Morgan fingerprint density at radius 2 is 0.792 bits per heavy atom. The Hall–Kier alpha value is -1.39. The summed E-state index contributed by atoms with van der Waals surface area (Å²) in [7, 11) is 0. The van der Waals surface area contributed by atoms with Crippen molar-refractivity contribution in [1.82, 2.24) is 0 Å². The first-order chi connectivity index (χ1) is 26.2. The summed E-state index contributed by atoms with van der Waals surface area (Å²) >= 11 is 0. The number of hydrogen-bond acceptors (Lipinski definition) is 4. The molecule has 312 valence electrons. The molecular formula is C49H92O4. The molecule has 4 nitrogen and oxygen atoms in total. The third kappa shape index (κ3) is 44.9. The molecule has 0 aliphatic heterocycles. The number of aliphatic hydroxyl groups excluding tert-OH is 1. The van der Waals surface area contributed by atoms with Gasteiger partial charge in [-0.05, 0) is 70.6 Å². The van der Waals surface area contributed by atoms with Gasteiger partial charge in [-0.3, -0.25) is 4.79 Å². The predicted octanol–water partition coefficient (Wildman–Crippen LogP) is 15.7. The lowest BCUT2D eigenvalue weighted by Crippen LogP contribution is -2.27. The minimum atomic E-state index is -0.537. The van der Waals surface area contributed by atoms with Gasteiger partial charge in [0.2, 0.25) is 0 Å². The summed E-state index contributed by atoms with van der Waals surface area (Å²) in [6.45, 7) is 5.34. The van der Waals surface area contributed by atoms with Gasteiger partial charge in [-0.15, -0.1) is 0 Å². The molecule has 0 fully saturated rings. The standard InChI is InChI=1S/C49H92O4/c1-3-5-7-9-11-13-15-17-19-21-22-23-24-25-26-27-29-31-33-35-37-39-41-43-45-52-47-48(46-50)53-49(51)44-42-40-38-36-34-32-30-28-20-18-16-14-12-10-8-6-4-2/h12,14,18,20-22,48,50H,3-11,13,15-17,19,23-47H2,1-2H3/b14-12-,20-18-,22-21-. The number of aliphatic hydroxyl groups is 1. The highest BCUT2D eigenvalue weighted by molar-refractivity contribution is 5.69. The van der Waals surface area contributed by atoms with Crippen molar-refractivity contribution >= 4 is 5.97 Å². The average molecular weight is 745 g/mol. The zero-order valence-electron chi connectivity index (χ0n) is 35.8. The number of carbonyl (C=O) groups is 1. The number of allylic oxidation sites excluding steroid dienone is 6. The summed E-state index contributed by atoms with van der Waals surface area (Å²) in [6, 6.07) is 0. The maximum atomic E-state index is 12.2. The molecule has 4 heteroatoms. The fourth-order valence-corrected chi connectivity index (χ4v) is 6.88. The monoisotopic (exact) mass is 745 g/mol. The molecule has 1 atom stereocenters. The molecule has 0 bridgehead atoms. The van der Waals surface area contributed by atoms with Crippen molar-refractivity contribution in [3.63, 3.8) is 0 Å². The number of rotatable bonds is 44. The minimum Gasteiger partial charge on any atom is -0.457 e. The Morgan fingerprint density at radius 3 is 1.23 bits per heavy atom. The highest BCUT2D eigenvalue weighted by Crippen LogP contribution is 2.15. The molecule has 0 spiro atoms. The summed E-state index contributed by atoms with van der Waals surface area (Å²) in [5, 5.41) is 9.62. The van der Waals surface area contributed by atoms with Crippen LogP contribution in [0.2, 0.25) is 0 Å². The van der Waals surface area contributed by atoms with Crippen LogP contribution in [0.5, 0.6) is 0 Å². The second kappa shape index (κ2) is 46.8. The molecule has 0 aliphatic carbocycles. The van der Waals surface area contributed by atoms with Crippen molar-refractivity contribution in [3.05, 3.63) is 36.5 Å². The maximum absolute atomic E-state index is 12.2. The largest absolute Gasteiger partial charge is 0.457 e. The maximum Gasteiger partial charge on any atom is 0.306 e.